The van der Waals surface area contributed by atoms with Gasteiger partial charge >= 0.3 is 0 Å². The van der Waals surface area contributed by atoms with Crippen LogP contribution >= 0.6 is 11.3 Å². The Labute approximate surface area is 133 Å². The van der Waals surface area contributed by atoms with Crippen molar-refractivity contribution in [1.29, 1.82) is 0 Å². The van der Waals surface area contributed by atoms with Crippen LogP contribution in [0.2, 0.25) is 0 Å². The number of ether oxygens (including phenoxy) is 1. The monoisotopic (exact) mass is 313 g/mol. The van der Waals surface area contributed by atoms with E-state index < -0.39 is 6.10 Å². The standard InChI is InChI=1S/C17H31NO2S/c1-14(2)8-9-18(12-16-7-6-10-21-16)11-15(19)13-20-17(3,4)5/h6-7,10,14-15,19H,8-9,11-13H2,1-5H3/t15-/m0/s1. The third kappa shape index (κ3) is 9.25. The van der Waals surface area contributed by atoms with Gasteiger partial charge < -0.3 is 9.84 Å². The summed E-state index contributed by atoms with van der Waals surface area (Å²) in [4.78, 5) is 3.69. The van der Waals surface area contributed by atoms with Crippen LogP contribution in [0.5, 0.6) is 0 Å². The van der Waals surface area contributed by atoms with Crippen molar-refractivity contribution in [2.75, 3.05) is 19.7 Å². The molecular weight excluding hydrogens is 282 g/mol. The summed E-state index contributed by atoms with van der Waals surface area (Å²) in [7, 11) is 0. The van der Waals surface area contributed by atoms with Crippen molar-refractivity contribution >= 4 is 11.3 Å². The number of rotatable bonds is 9. The first-order valence-electron chi connectivity index (χ1n) is 7.83. The number of hydrogen-bond acceptors (Lipinski definition) is 4. The van der Waals surface area contributed by atoms with Crippen molar-refractivity contribution in [3.05, 3.63) is 22.4 Å². The molecule has 1 N–H and O–H groups in total. The van der Waals surface area contributed by atoms with E-state index in [-0.39, 0.29) is 5.60 Å². The molecule has 3 nitrogen and oxygen atoms in total. The fraction of sp³-hybridized carbons (Fsp3) is 0.765. The maximum atomic E-state index is 10.2. The summed E-state index contributed by atoms with van der Waals surface area (Å²) in [6.45, 7) is 13.5. The first-order chi connectivity index (χ1) is 9.76. The zero-order chi connectivity index (χ0) is 15.9. The van der Waals surface area contributed by atoms with Crippen LogP contribution in [-0.4, -0.2) is 41.4 Å². The van der Waals surface area contributed by atoms with Gasteiger partial charge in [0.1, 0.15) is 0 Å². The Bertz CT molecular complexity index is 371. The molecule has 1 heterocycles. The van der Waals surface area contributed by atoms with E-state index in [4.69, 9.17) is 4.74 Å². The summed E-state index contributed by atoms with van der Waals surface area (Å²) in [5.74, 6) is 0.679. The highest BCUT2D eigenvalue weighted by atomic mass is 32.1. The lowest BCUT2D eigenvalue weighted by Gasteiger charge is -2.27. The average Bonchev–Trinajstić information content (AvgIpc) is 2.85. The molecule has 1 aromatic rings. The van der Waals surface area contributed by atoms with E-state index in [2.05, 4.69) is 36.3 Å². The lowest BCUT2D eigenvalue weighted by molar-refractivity contribution is -0.0568. The molecule has 21 heavy (non-hydrogen) atoms. The Balaban J connectivity index is 2.47. The summed E-state index contributed by atoms with van der Waals surface area (Å²) >= 11 is 1.78. The van der Waals surface area contributed by atoms with Gasteiger partial charge in [-0.3, -0.25) is 4.90 Å². The largest absolute Gasteiger partial charge is 0.389 e. The molecule has 0 spiro atoms. The summed E-state index contributed by atoms with van der Waals surface area (Å²) in [5, 5.41) is 12.3. The second kappa shape index (κ2) is 8.89. The first kappa shape index (κ1) is 18.6. The quantitative estimate of drug-likeness (QED) is 0.753. The Hall–Kier alpha value is -0.420. The maximum Gasteiger partial charge on any atom is 0.0900 e. The van der Waals surface area contributed by atoms with Gasteiger partial charge in [-0.15, -0.1) is 11.3 Å². The van der Waals surface area contributed by atoms with Gasteiger partial charge in [-0.2, -0.15) is 0 Å². The van der Waals surface area contributed by atoms with Gasteiger partial charge in [0.15, 0.2) is 0 Å². The van der Waals surface area contributed by atoms with E-state index in [1.807, 2.05) is 20.8 Å². The molecule has 0 saturated carbocycles. The number of thiophene rings is 1. The van der Waals surface area contributed by atoms with E-state index in [0.29, 0.717) is 19.1 Å². The summed E-state index contributed by atoms with van der Waals surface area (Å²) in [6.07, 6.45) is 0.717. The molecule has 0 fully saturated rings. The van der Waals surface area contributed by atoms with Crippen LogP contribution in [0.3, 0.4) is 0 Å². The average molecular weight is 314 g/mol. The maximum absolute atomic E-state index is 10.2. The molecule has 0 aliphatic carbocycles. The topological polar surface area (TPSA) is 32.7 Å². The Kier molecular flexibility index (Phi) is 7.88. The van der Waals surface area contributed by atoms with Crippen molar-refractivity contribution in [1.82, 2.24) is 4.90 Å². The van der Waals surface area contributed by atoms with Crippen molar-refractivity contribution < 1.29 is 9.84 Å². The normalized spacial score (nSPS) is 14.1. The van der Waals surface area contributed by atoms with E-state index in [1.54, 1.807) is 11.3 Å². The predicted molar refractivity (Wildman–Crippen MR) is 90.8 cm³/mol. The summed E-state index contributed by atoms with van der Waals surface area (Å²) in [6, 6.07) is 4.24. The van der Waals surface area contributed by atoms with Crippen molar-refractivity contribution in [3.8, 4) is 0 Å². The van der Waals surface area contributed by atoms with E-state index >= 15 is 0 Å². The molecule has 1 atom stereocenters. The molecule has 0 unspecified atom stereocenters. The molecule has 4 heteroatoms. The van der Waals surface area contributed by atoms with Gasteiger partial charge in [0.25, 0.3) is 0 Å². The molecule has 0 bridgehead atoms. The SMILES string of the molecule is CC(C)CCN(Cc1cccs1)C[C@H](O)COC(C)(C)C. The van der Waals surface area contributed by atoms with Gasteiger partial charge in [0.05, 0.1) is 18.3 Å². The molecule has 0 amide bonds. The fourth-order valence-electron chi connectivity index (χ4n) is 2.00. The number of aliphatic hydroxyl groups is 1. The zero-order valence-corrected chi connectivity index (χ0v) is 14.9. The lowest BCUT2D eigenvalue weighted by atomic mass is 10.1. The van der Waals surface area contributed by atoms with Crippen LogP contribution < -0.4 is 0 Å². The first-order valence-corrected chi connectivity index (χ1v) is 8.71. The highest BCUT2D eigenvalue weighted by Gasteiger charge is 2.17. The number of nitrogens with zero attached hydrogens (tertiary/aromatic N) is 1. The summed E-state index contributed by atoms with van der Waals surface area (Å²) < 4.78 is 5.68. The molecule has 0 radical (unpaired) electrons. The number of hydrogen-bond donors (Lipinski definition) is 1. The third-order valence-corrected chi connectivity index (χ3v) is 4.02. The van der Waals surface area contributed by atoms with Gasteiger partial charge in [-0.05, 0) is 51.1 Å². The highest BCUT2D eigenvalue weighted by molar-refractivity contribution is 7.09. The van der Waals surface area contributed by atoms with Crippen LogP contribution in [0.15, 0.2) is 17.5 Å². The molecule has 0 aromatic carbocycles. The minimum absolute atomic E-state index is 0.197. The molecule has 0 saturated heterocycles. The molecule has 0 aliphatic rings. The molecule has 0 aliphatic heterocycles. The fourth-order valence-corrected chi connectivity index (χ4v) is 2.74. The number of aliphatic hydroxyl groups excluding tert-OH is 1. The van der Waals surface area contributed by atoms with Crippen molar-refractivity contribution in [3.63, 3.8) is 0 Å². The van der Waals surface area contributed by atoms with Crippen LogP contribution in [0.4, 0.5) is 0 Å². The minimum atomic E-state index is -0.434. The van der Waals surface area contributed by atoms with Gasteiger partial charge in [-0.25, -0.2) is 0 Å². The second-order valence-electron chi connectivity index (χ2n) is 7.07. The minimum Gasteiger partial charge on any atom is -0.389 e. The van der Waals surface area contributed by atoms with Crippen LogP contribution in [0.25, 0.3) is 0 Å². The molecular formula is C17H31NO2S. The second-order valence-corrected chi connectivity index (χ2v) is 8.11. The smallest absolute Gasteiger partial charge is 0.0900 e. The summed E-state index contributed by atoms with van der Waals surface area (Å²) in [5.41, 5.74) is -0.197. The van der Waals surface area contributed by atoms with Crippen molar-refractivity contribution in [2.24, 2.45) is 5.92 Å². The molecule has 1 rings (SSSR count). The van der Waals surface area contributed by atoms with Crippen LogP contribution in [0, 0.1) is 5.92 Å². The van der Waals surface area contributed by atoms with Gasteiger partial charge in [-0.1, -0.05) is 19.9 Å². The van der Waals surface area contributed by atoms with Gasteiger partial charge in [0, 0.05) is 18.0 Å². The zero-order valence-electron chi connectivity index (χ0n) is 14.1. The lowest BCUT2D eigenvalue weighted by Crippen LogP contribution is -2.37. The highest BCUT2D eigenvalue weighted by Crippen LogP contribution is 2.14. The van der Waals surface area contributed by atoms with E-state index in [0.717, 1.165) is 19.5 Å². The predicted octanol–water partition coefficient (Wildman–Crippen LogP) is 3.77. The van der Waals surface area contributed by atoms with Crippen LogP contribution in [0.1, 0.15) is 45.9 Å². The van der Waals surface area contributed by atoms with E-state index in [9.17, 15) is 5.11 Å². The van der Waals surface area contributed by atoms with E-state index in [1.165, 1.54) is 4.88 Å². The third-order valence-electron chi connectivity index (χ3n) is 3.16. The molecule has 1 aromatic heterocycles. The van der Waals surface area contributed by atoms with Crippen LogP contribution in [-0.2, 0) is 11.3 Å². The van der Waals surface area contributed by atoms with Crippen molar-refractivity contribution in [2.45, 2.75) is 59.3 Å². The molecule has 122 valence electrons. The Morgan fingerprint density at radius 2 is 2.05 bits per heavy atom. The Morgan fingerprint density at radius 1 is 1.33 bits per heavy atom. The van der Waals surface area contributed by atoms with Gasteiger partial charge in [0.2, 0.25) is 0 Å². The Morgan fingerprint density at radius 3 is 2.57 bits per heavy atom.